The van der Waals surface area contributed by atoms with Crippen LogP contribution in [0.1, 0.15) is 23.2 Å². The highest BCUT2D eigenvalue weighted by Crippen LogP contribution is 2.26. The first-order chi connectivity index (χ1) is 16.2. The van der Waals surface area contributed by atoms with Crippen molar-refractivity contribution in [2.24, 2.45) is 0 Å². The second-order valence-corrected chi connectivity index (χ2v) is 11.1. The molecule has 2 fully saturated rings. The fraction of sp³-hybridized carbons (Fsp3) is 0.522. The topological polar surface area (TPSA) is 110 Å². The number of benzene rings is 1. The van der Waals surface area contributed by atoms with Gasteiger partial charge in [0.15, 0.2) is 0 Å². The van der Waals surface area contributed by atoms with E-state index in [0.717, 1.165) is 13.0 Å². The zero-order valence-electron chi connectivity index (χ0n) is 19.7. The monoisotopic (exact) mass is 488 g/mol. The molecule has 0 bridgehead atoms. The highest BCUT2D eigenvalue weighted by atomic mass is 32.2. The number of piperazine rings is 1. The Morgan fingerprint density at radius 1 is 1.12 bits per heavy atom. The molecule has 3 heterocycles. The van der Waals surface area contributed by atoms with Gasteiger partial charge < -0.3 is 19.8 Å². The van der Waals surface area contributed by atoms with Gasteiger partial charge in [-0.25, -0.2) is 13.4 Å². The highest BCUT2D eigenvalue weighted by Gasteiger charge is 2.36. The molecule has 1 amide bonds. The molecule has 184 valence electrons. The Morgan fingerprint density at radius 3 is 2.47 bits per heavy atom. The summed E-state index contributed by atoms with van der Waals surface area (Å²) < 4.78 is 27.3. The molecule has 1 atom stereocenters. The van der Waals surface area contributed by atoms with Gasteiger partial charge in [0.05, 0.1) is 23.2 Å². The van der Waals surface area contributed by atoms with E-state index in [1.165, 1.54) is 21.3 Å². The maximum absolute atomic E-state index is 13.0. The van der Waals surface area contributed by atoms with Crippen LogP contribution in [0.15, 0.2) is 47.8 Å². The van der Waals surface area contributed by atoms with Crippen molar-refractivity contribution in [2.45, 2.75) is 23.3 Å². The van der Waals surface area contributed by atoms with Crippen molar-refractivity contribution in [3.63, 3.8) is 0 Å². The molecule has 10 nitrogen and oxygen atoms in total. The van der Waals surface area contributed by atoms with E-state index < -0.39 is 15.6 Å². The highest BCUT2D eigenvalue weighted by molar-refractivity contribution is 7.89. The molecule has 2 aliphatic heterocycles. The second kappa shape index (κ2) is 9.95. The number of carbonyl (C=O) groups is 1. The van der Waals surface area contributed by atoms with Crippen molar-refractivity contribution in [1.29, 1.82) is 0 Å². The quantitative estimate of drug-likeness (QED) is 0.627. The number of carbonyl (C=O) groups excluding carboxylic acids is 1. The van der Waals surface area contributed by atoms with Crippen LogP contribution in [-0.4, -0.2) is 109 Å². The van der Waals surface area contributed by atoms with Crippen LogP contribution >= 0.6 is 0 Å². The molecule has 2 saturated heterocycles. The van der Waals surface area contributed by atoms with Gasteiger partial charge in [-0.3, -0.25) is 9.78 Å². The summed E-state index contributed by atoms with van der Waals surface area (Å²) in [4.78, 5) is 27.2. The van der Waals surface area contributed by atoms with Crippen LogP contribution in [0.2, 0.25) is 0 Å². The standard InChI is InChI=1S/C23H32N6O4S/c1-26-12-14-29(15-13-26)34(32,33)20-6-4-19(5-7-20)22(30)27(2)17-23(31)8-3-11-28(18-23)21-16-24-9-10-25-21/h4-7,9-10,16,31H,3,8,11-15,17-18H2,1-2H3. The van der Waals surface area contributed by atoms with Gasteiger partial charge in [0, 0.05) is 64.3 Å². The average molecular weight is 489 g/mol. The zero-order chi connectivity index (χ0) is 24.3. The predicted molar refractivity (Wildman–Crippen MR) is 128 cm³/mol. The number of aromatic nitrogens is 2. The molecule has 34 heavy (non-hydrogen) atoms. The van der Waals surface area contributed by atoms with Gasteiger partial charge >= 0.3 is 0 Å². The van der Waals surface area contributed by atoms with Gasteiger partial charge in [-0.2, -0.15) is 4.31 Å². The number of likely N-dealkylation sites (N-methyl/N-ethyl adjacent to an activating group) is 2. The summed E-state index contributed by atoms with van der Waals surface area (Å²) >= 11 is 0. The van der Waals surface area contributed by atoms with Gasteiger partial charge in [0.2, 0.25) is 10.0 Å². The number of β-amino-alcohol motifs (C(OH)–C–C–N with tert-alkyl or cyclic N) is 1. The number of rotatable bonds is 6. The summed E-state index contributed by atoms with van der Waals surface area (Å²) in [5, 5.41) is 11.2. The van der Waals surface area contributed by atoms with Gasteiger partial charge in [0.25, 0.3) is 5.91 Å². The first-order valence-electron chi connectivity index (χ1n) is 11.5. The lowest BCUT2D eigenvalue weighted by Crippen LogP contribution is -2.54. The first kappa shape index (κ1) is 24.5. The summed E-state index contributed by atoms with van der Waals surface area (Å²) in [6.07, 6.45) is 6.23. The molecule has 2 aliphatic rings. The predicted octanol–water partition coefficient (Wildman–Crippen LogP) is 0.516. The smallest absolute Gasteiger partial charge is 0.253 e. The van der Waals surface area contributed by atoms with Crippen molar-refractivity contribution in [1.82, 2.24) is 24.1 Å². The van der Waals surface area contributed by atoms with E-state index in [0.29, 0.717) is 50.5 Å². The Balaban J connectivity index is 1.40. The normalized spacial score (nSPS) is 22.5. The number of hydrogen-bond acceptors (Lipinski definition) is 8. The number of hydrogen-bond donors (Lipinski definition) is 1. The van der Waals surface area contributed by atoms with Crippen LogP contribution in [0, 0.1) is 0 Å². The van der Waals surface area contributed by atoms with E-state index in [2.05, 4.69) is 14.9 Å². The number of nitrogens with zero attached hydrogens (tertiary/aromatic N) is 6. The van der Waals surface area contributed by atoms with Crippen molar-refractivity contribution in [3.05, 3.63) is 48.4 Å². The summed E-state index contributed by atoms with van der Waals surface area (Å²) in [5.74, 6) is 0.431. The minimum absolute atomic E-state index is 0.157. The van der Waals surface area contributed by atoms with E-state index in [-0.39, 0.29) is 17.3 Å². The number of anilines is 1. The summed E-state index contributed by atoms with van der Waals surface area (Å²) in [7, 11) is 0.0315. The summed E-state index contributed by atoms with van der Waals surface area (Å²) in [6.45, 7) is 3.56. The fourth-order valence-corrected chi connectivity index (χ4v) is 5.99. The Labute approximate surface area is 200 Å². The van der Waals surface area contributed by atoms with Crippen molar-refractivity contribution in [2.75, 3.05) is 64.8 Å². The SMILES string of the molecule is CN1CCN(S(=O)(=O)c2ccc(C(=O)N(C)CC3(O)CCCN(c4cnccn4)C3)cc2)CC1. The van der Waals surface area contributed by atoms with Crippen LogP contribution in [0.5, 0.6) is 0 Å². The molecular weight excluding hydrogens is 456 g/mol. The molecule has 0 saturated carbocycles. The van der Waals surface area contributed by atoms with Crippen molar-refractivity contribution >= 4 is 21.7 Å². The van der Waals surface area contributed by atoms with Crippen molar-refractivity contribution < 1.29 is 18.3 Å². The molecule has 1 N–H and O–H groups in total. The molecular formula is C23H32N6O4S. The van der Waals surface area contributed by atoms with Gasteiger partial charge in [0.1, 0.15) is 5.82 Å². The Morgan fingerprint density at radius 2 is 1.82 bits per heavy atom. The summed E-state index contributed by atoms with van der Waals surface area (Å²) in [5.41, 5.74) is -0.699. The number of piperidine rings is 1. The molecule has 2 aromatic rings. The maximum atomic E-state index is 13.0. The minimum atomic E-state index is -3.59. The molecule has 4 rings (SSSR count). The Hall–Kier alpha value is -2.60. The molecule has 1 aromatic heterocycles. The van der Waals surface area contributed by atoms with Crippen LogP contribution in [0.25, 0.3) is 0 Å². The molecule has 11 heteroatoms. The number of sulfonamides is 1. The molecule has 1 unspecified atom stereocenters. The van der Waals surface area contributed by atoms with Crippen molar-refractivity contribution in [3.8, 4) is 0 Å². The van der Waals surface area contributed by atoms with E-state index in [9.17, 15) is 18.3 Å². The van der Waals surface area contributed by atoms with Crippen LogP contribution < -0.4 is 4.90 Å². The molecule has 0 spiro atoms. The van der Waals surface area contributed by atoms with E-state index in [1.807, 2.05) is 11.9 Å². The third-order valence-corrected chi connectivity index (χ3v) is 8.42. The summed E-state index contributed by atoms with van der Waals surface area (Å²) in [6, 6.07) is 6.05. The second-order valence-electron chi connectivity index (χ2n) is 9.21. The van der Waals surface area contributed by atoms with E-state index >= 15 is 0 Å². The fourth-order valence-electron chi connectivity index (χ4n) is 4.57. The average Bonchev–Trinajstić information content (AvgIpc) is 2.84. The minimum Gasteiger partial charge on any atom is -0.386 e. The van der Waals surface area contributed by atoms with E-state index in [1.54, 1.807) is 37.8 Å². The van der Waals surface area contributed by atoms with Crippen LogP contribution in [-0.2, 0) is 10.0 Å². The lowest BCUT2D eigenvalue weighted by Gasteiger charge is -2.41. The third kappa shape index (κ3) is 5.38. The maximum Gasteiger partial charge on any atom is 0.253 e. The number of aliphatic hydroxyl groups is 1. The first-order valence-corrected chi connectivity index (χ1v) is 12.9. The van der Waals surface area contributed by atoms with Crippen LogP contribution in [0.4, 0.5) is 5.82 Å². The third-order valence-electron chi connectivity index (χ3n) is 6.51. The molecule has 0 aliphatic carbocycles. The lowest BCUT2D eigenvalue weighted by atomic mass is 9.92. The largest absolute Gasteiger partial charge is 0.386 e. The number of amides is 1. The van der Waals surface area contributed by atoms with Gasteiger partial charge in [-0.15, -0.1) is 0 Å². The Bertz CT molecular complexity index is 1090. The van der Waals surface area contributed by atoms with Gasteiger partial charge in [-0.05, 0) is 44.2 Å². The molecule has 1 aromatic carbocycles. The zero-order valence-corrected chi connectivity index (χ0v) is 20.5. The van der Waals surface area contributed by atoms with Crippen LogP contribution in [0.3, 0.4) is 0 Å². The van der Waals surface area contributed by atoms with Gasteiger partial charge in [-0.1, -0.05) is 0 Å². The molecule has 0 radical (unpaired) electrons. The van der Waals surface area contributed by atoms with E-state index in [4.69, 9.17) is 0 Å². The Kier molecular flexibility index (Phi) is 7.17. The lowest BCUT2D eigenvalue weighted by molar-refractivity contribution is -0.000146.